The minimum absolute atomic E-state index is 0.0446. The zero-order valence-corrected chi connectivity index (χ0v) is 20.3. The highest BCUT2D eigenvalue weighted by Crippen LogP contribution is 2.29. The van der Waals surface area contributed by atoms with Gasteiger partial charge in [0.05, 0.1) is 21.7 Å². The largest absolute Gasteiger partial charge is 0.491 e. The number of aromatic nitrogens is 2. The molecule has 3 N–H and O–H groups in total. The van der Waals surface area contributed by atoms with Crippen molar-refractivity contribution in [3.8, 4) is 17.0 Å². The van der Waals surface area contributed by atoms with E-state index in [9.17, 15) is 8.42 Å². The number of likely N-dealkylation sites (N-methyl/N-ethyl adjacent to an activating group) is 1. The molecule has 2 aromatic heterocycles. The number of rotatable bonds is 10. The molecule has 172 valence electrons. The SMILES string of the molecule is CC(C)Oc1ccc(S(N)(=O)=O)cc1Cc1nc(-c2ccc(NCCN(C)C)nc2)cs1. The van der Waals surface area contributed by atoms with E-state index >= 15 is 0 Å². The fourth-order valence-corrected chi connectivity index (χ4v) is 4.38. The summed E-state index contributed by atoms with van der Waals surface area (Å²) in [6.45, 7) is 5.59. The molecule has 0 unspecified atom stereocenters. The van der Waals surface area contributed by atoms with Crippen molar-refractivity contribution in [3.63, 3.8) is 0 Å². The third-order valence-electron chi connectivity index (χ3n) is 4.54. The summed E-state index contributed by atoms with van der Waals surface area (Å²) in [4.78, 5) is 11.3. The van der Waals surface area contributed by atoms with E-state index in [0.29, 0.717) is 12.2 Å². The fourth-order valence-electron chi connectivity index (χ4n) is 2.98. The first kappa shape index (κ1) is 24.1. The quantitative estimate of drug-likeness (QED) is 0.463. The minimum Gasteiger partial charge on any atom is -0.491 e. The van der Waals surface area contributed by atoms with E-state index < -0.39 is 10.0 Å². The molecule has 0 aliphatic heterocycles. The molecule has 0 radical (unpaired) electrons. The lowest BCUT2D eigenvalue weighted by Crippen LogP contribution is -2.21. The van der Waals surface area contributed by atoms with Crippen LogP contribution in [0.2, 0.25) is 0 Å². The second-order valence-electron chi connectivity index (χ2n) is 7.95. The van der Waals surface area contributed by atoms with Gasteiger partial charge < -0.3 is 15.0 Å². The molecule has 8 nitrogen and oxygen atoms in total. The number of hydrogen-bond acceptors (Lipinski definition) is 8. The second-order valence-corrected chi connectivity index (χ2v) is 10.5. The van der Waals surface area contributed by atoms with Gasteiger partial charge in [-0.15, -0.1) is 11.3 Å². The van der Waals surface area contributed by atoms with Crippen molar-refractivity contribution in [2.75, 3.05) is 32.5 Å². The van der Waals surface area contributed by atoms with Gasteiger partial charge in [0.25, 0.3) is 0 Å². The van der Waals surface area contributed by atoms with Crippen molar-refractivity contribution >= 4 is 27.2 Å². The molecule has 0 saturated carbocycles. The summed E-state index contributed by atoms with van der Waals surface area (Å²) in [7, 11) is 0.252. The van der Waals surface area contributed by atoms with Crippen LogP contribution in [-0.4, -0.2) is 56.6 Å². The van der Waals surface area contributed by atoms with Gasteiger partial charge in [0.15, 0.2) is 0 Å². The average Bonchev–Trinajstić information content (AvgIpc) is 3.17. The Labute approximate surface area is 193 Å². The molecule has 0 atom stereocenters. The maximum atomic E-state index is 11.8. The van der Waals surface area contributed by atoms with Gasteiger partial charge in [0.2, 0.25) is 10.0 Å². The molecule has 3 rings (SSSR count). The maximum Gasteiger partial charge on any atom is 0.238 e. The first-order valence-electron chi connectivity index (χ1n) is 10.2. The molecule has 0 fully saturated rings. The molecule has 10 heteroatoms. The molecular formula is C22H29N5O3S2. The van der Waals surface area contributed by atoms with Crippen LogP contribution >= 0.6 is 11.3 Å². The number of primary sulfonamides is 1. The van der Waals surface area contributed by atoms with Crippen LogP contribution < -0.4 is 15.2 Å². The highest BCUT2D eigenvalue weighted by Gasteiger charge is 2.15. The standard InChI is InChI=1S/C22H29N5O3S2/c1-15(2)30-20-7-6-18(32(23,28)29)11-17(20)12-22-26-19(14-31-22)16-5-8-21(25-13-16)24-9-10-27(3)4/h5-8,11,13-15H,9-10,12H2,1-4H3,(H,24,25)(H2,23,28,29). The van der Waals surface area contributed by atoms with Gasteiger partial charge in [-0.25, -0.2) is 23.5 Å². The van der Waals surface area contributed by atoms with E-state index in [4.69, 9.17) is 14.9 Å². The van der Waals surface area contributed by atoms with Crippen LogP contribution in [-0.2, 0) is 16.4 Å². The number of pyridine rings is 1. The Balaban J connectivity index is 1.77. The van der Waals surface area contributed by atoms with Crippen LogP contribution in [0.15, 0.2) is 46.8 Å². The van der Waals surface area contributed by atoms with E-state index in [0.717, 1.165) is 40.7 Å². The monoisotopic (exact) mass is 475 g/mol. The molecule has 0 saturated heterocycles. The third kappa shape index (κ3) is 6.73. The number of anilines is 1. The molecule has 0 bridgehead atoms. The molecular weight excluding hydrogens is 446 g/mol. The molecule has 0 aliphatic carbocycles. The van der Waals surface area contributed by atoms with Gasteiger partial charge >= 0.3 is 0 Å². The van der Waals surface area contributed by atoms with Crippen molar-refractivity contribution in [3.05, 3.63) is 52.5 Å². The topological polar surface area (TPSA) is 110 Å². The van der Waals surface area contributed by atoms with Gasteiger partial charge in [-0.1, -0.05) is 0 Å². The summed E-state index contributed by atoms with van der Waals surface area (Å²) in [5, 5.41) is 11.4. The smallest absolute Gasteiger partial charge is 0.238 e. The Hall–Kier alpha value is -2.53. The zero-order chi connectivity index (χ0) is 23.3. The minimum atomic E-state index is -3.81. The van der Waals surface area contributed by atoms with E-state index in [1.54, 1.807) is 18.3 Å². The Kier molecular flexibility index (Phi) is 7.83. The van der Waals surface area contributed by atoms with E-state index in [-0.39, 0.29) is 11.0 Å². The summed E-state index contributed by atoms with van der Waals surface area (Å²) in [5.74, 6) is 1.44. The predicted molar refractivity (Wildman–Crippen MR) is 129 cm³/mol. The molecule has 0 aliphatic rings. The number of benzene rings is 1. The van der Waals surface area contributed by atoms with Gasteiger partial charge in [0, 0.05) is 42.2 Å². The van der Waals surface area contributed by atoms with E-state index in [1.165, 1.54) is 17.4 Å². The lowest BCUT2D eigenvalue weighted by molar-refractivity contribution is 0.240. The van der Waals surface area contributed by atoms with Crippen LogP contribution in [0, 0.1) is 0 Å². The van der Waals surface area contributed by atoms with Crippen molar-refractivity contribution < 1.29 is 13.2 Å². The van der Waals surface area contributed by atoms with Crippen molar-refractivity contribution in [1.82, 2.24) is 14.9 Å². The number of sulfonamides is 1. The Morgan fingerprint density at radius 3 is 2.62 bits per heavy atom. The number of nitrogens with one attached hydrogen (secondary N) is 1. The third-order valence-corrected chi connectivity index (χ3v) is 6.30. The van der Waals surface area contributed by atoms with Gasteiger partial charge in [-0.3, -0.25) is 0 Å². The number of ether oxygens (including phenoxy) is 1. The summed E-state index contributed by atoms with van der Waals surface area (Å²) in [6.07, 6.45) is 2.19. The number of nitrogens with two attached hydrogens (primary N) is 1. The average molecular weight is 476 g/mol. The highest BCUT2D eigenvalue weighted by atomic mass is 32.2. The molecule has 0 spiro atoms. The van der Waals surface area contributed by atoms with Gasteiger partial charge in [-0.05, 0) is 58.3 Å². The highest BCUT2D eigenvalue weighted by molar-refractivity contribution is 7.89. The number of nitrogens with zero attached hydrogens (tertiary/aromatic N) is 3. The molecule has 3 aromatic rings. The van der Waals surface area contributed by atoms with Crippen molar-refractivity contribution in [2.45, 2.75) is 31.3 Å². The predicted octanol–water partition coefficient (Wildman–Crippen LogP) is 3.20. The van der Waals surface area contributed by atoms with Crippen LogP contribution in [0.25, 0.3) is 11.3 Å². The van der Waals surface area contributed by atoms with E-state index in [2.05, 4.69) is 15.2 Å². The lowest BCUT2D eigenvalue weighted by atomic mass is 10.1. The molecule has 2 heterocycles. The Bertz CT molecular complexity index is 1140. The molecule has 1 aromatic carbocycles. The molecule has 32 heavy (non-hydrogen) atoms. The number of hydrogen-bond donors (Lipinski definition) is 2. The summed E-state index contributed by atoms with van der Waals surface area (Å²) in [6, 6.07) is 8.59. The van der Waals surface area contributed by atoms with Crippen LogP contribution in [0.3, 0.4) is 0 Å². The normalized spacial score (nSPS) is 11.8. The van der Waals surface area contributed by atoms with Crippen molar-refractivity contribution in [1.29, 1.82) is 0 Å². The summed E-state index contributed by atoms with van der Waals surface area (Å²) >= 11 is 1.51. The summed E-state index contributed by atoms with van der Waals surface area (Å²) in [5.41, 5.74) is 2.47. The fraction of sp³-hybridized carbons (Fsp3) is 0.364. The van der Waals surface area contributed by atoms with Gasteiger partial charge in [-0.2, -0.15) is 0 Å². The Morgan fingerprint density at radius 1 is 1.22 bits per heavy atom. The number of thiazole rings is 1. The van der Waals surface area contributed by atoms with Crippen LogP contribution in [0.4, 0.5) is 5.82 Å². The van der Waals surface area contributed by atoms with E-state index in [1.807, 2.05) is 45.5 Å². The van der Waals surface area contributed by atoms with Crippen LogP contribution in [0.5, 0.6) is 5.75 Å². The second kappa shape index (κ2) is 10.4. The van der Waals surface area contributed by atoms with Crippen molar-refractivity contribution in [2.24, 2.45) is 5.14 Å². The van der Waals surface area contributed by atoms with Crippen LogP contribution in [0.1, 0.15) is 24.4 Å². The van der Waals surface area contributed by atoms with Gasteiger partial charge in [0.1, 0.15) is 11.6 Å². The summed E-state index contributed by atoms with van der Waals surface area (Å²) < 4.78 is 29.5. The first-order chi connectivity index (χ1) is 15.1. The Morgan fingerprint density at radius 2 is 2.00 bits per heavy atom. The first-order valence-corrected chi connectivity index (χ1v) is 12.7. The lowest BCUT2D eigenvalue weighted by Gasteiger charge is -2.14. The zero-order valence-electron chi connectivity index (χ0n) is 18.7. The molecule has 0 amide bonds. The maximum absolute atomic E-state index is 11.8.